The van der Waals surface area contributed by atoms with E-state index in [9.17, 15) is 9.59 Å². The molecule has 0 radical (unpaired) electrons. The largest absolute Gasteiger partial charge is 0.369 e. The maximum atomic E-state index is 12.5. The summed E-state index contributed by atoms with van der Waals surface area (Å²) in [5, 5.41) is 3.18. The molecule has 3 N–H and O–H groups in total. The smallest absolute Gasteiger partial charge is 0.270 e. The summed E-state index contributed by atoms with van der Waals surface area (Å²) in [6.07, 6.45) is 8.48. The maximum Gasteiger partial charge on any atom is 0.270 e. The number of rotatable bonds is 3. The van der Waals surface area contributed by atoms with Crippen molar-refractivity contribution in [3.8, 4) is 0 Å². The molecule has 4 fully saturated rings. The zero-order chi connectivity index (χ0) is 15.4. The summed E-state index contributed by atoms with van der Waals surface area (Å²) in [5.74, 6) is 0.630. The van der Waals surface area contributed by atoms with Gasteiger partial charge in [-0.15, -0.1) is 0 Å². The first-order valence-corrected chi connectivity index (χ1v) is 7.89. The van der Waals surface area contributed by atoms with E-state index in [1.165, 1.54) is 12.7 Å². The van der Waals surface area contributed by atoms with Gasteiger partial charge in [-0.1, -0.05) is 0 Å². The Bertz CT molecular complexity index is 616. The first-order valence-electron chi connectivity index (χ1n) is 7.89. The van der Waals surface area contributed by atoms with E-state index in [1.54, 1.807) is 12.3 Å². The second kappa shape index (κ2) is 4.51. The number of hydrogen-bond acceptors (Lipinski definition) is 4. The molecule has 5 rings (SSSR count). The van der Waals surface area contributed by atoms with Gasteiger partial charge in [0.2, 0.25) is 5.91 Å². The molecular formula is C16H20N4O2. The summed E-state index contributed by atoms with van der Waals surface area (Å²) in [4.78, 5) is 32.4. The molecular weight excluding hydrogens is 280 g/mol. The normalized spacial score (nSPS) is 38.7. The highest BCUT2D eigenvalue weighted by molar-refractivity contribution is 5.93. The third kappa shape index (κ3) is 2.01. The van der Waals surface area contributed by atoms with Crippen LogP contribution in [0.15, 0.2) is 18.6 Å². The molecule has 116 valence electrons. The lowest BCUT2D eigenvalue weighted by atomic mass is 9.46. The van der Waals surface area contributed by atoms with E-state index in [2.05, 4.69) is 15.3 Å². The minimum atomic E-state index is -0.414. The fraction of sp³-hybridized carbons (Fsp3) is 0.625. The van der Waals surface area contributed by atoms with Gasteiger partial charge >= 0.3 is 0 Å². The second-order valence-corrected chi connectivity index (χ2v) is 7.43. The SMILES string of the molecule is NC(=O)C12CC3CC(CC(NC(=O)c4ccncn4)(C3)C1)C2. The summed E-state index contributed by atoms with van der Waals surface area (Å²) in [6, 6.07) is 1.61. The van der Waals surface area contributed by atoms with Crippen molar-refractivity contribution in [3.05, 3.63) is 24.3 Å². The molecule has 1 heterocycles. The standard InChI is InChI=1S/C16H20N4O2/c17-14(22)15-4-10-3-11(5-15)7-16(6-10,8-15)20-13(21)12-1-2-18-9-19-12/h1-2,9-11H,3-8H2,(H2,17,22)(H,20,21). The molecule has 4 saturated carbocycles. The molecule has 4 bridgehead atoms. The Morgan fingerprint density at radius 1 is 1.23 bits per heavy atom. The minimum Gasteiger partial charge on any atom is -0.369 e. The summed E-state index contributed by atoms with van der Waals surface area (Å²) in [6.45, 7) is 0. The van der Waals surface area contributed by atoms with Crippen molar-refractivity contribution in [1.29, 1.82) is 0 Å². The van der Waals surface area contributed by atoms with Crippen LogP contribution >= 0.6 is 0 Å². The van der Waals surface area contributed by atoms with Crippen molar-refractivity contribution in [2.24, 2.45) is 23.0 Å². The Kier molecular flexibility index (Phi) is 2.80. The van der Waals surface area contributed by atoms with Crippen molar-refractivity contribution in [2.45, 2.75) is 44.1 Å². The molecule has 0 aliphatic heterocycles. The van der Waals surface area contributed by atoms with Crippen molar-refractivity contribution >= 4 is 11.8 Å². The highest BCUT2D eigenvalue weighted by Crippen LogP contribution is 2.61. The number of primary amides is 1. The van der Waals surface area contributed by atoms with Gasteiger partial charge in [-0.25, -0.2) is 9.97 Å². The second-order valence-electron chi connectivity index (χ2n) is 7.43. The summed E-state index contributed by atoms with van der Waals surface area (Å²) in [5.41, 5.74) is 5.39. The van der Waals surface area contributed by atoms with Gasteiger partial charge in [0.15, 0.2) is 0 Å². The van der Waals surface area contributed by atoms with Gasteiger partial charge in [-0.2, -0.15) is 0 Å². The maximum absolute atomic E-state index is 12.5. The van der Waals surface area contributed by atoms with Crippen LogP contribution in [-0.4, -0.2) is 27.3 Å². The molecule has 0 saturated heterocycles. The number of nitrogens with two attached hydrogens (primary N) is 1. The van der Waals surface area contributed by atoms with E-state index >= 15 is 0 Å². The molecule has 2 unspecified atom stereocenters. The molecule has 6 nitrogen and oxygen atoms in total. The van der Waals surface area contributed by atoms with Gasteiger partial charge in [0.1, 0.15) is 12.0 Å². The van der Waals surface area contributed by atoms with Crippen molar-refractivity contribution in [3.63, 3.8) is 0 Å². The van der Waals surface area contributed by atoms with Crippen molar-refractivity contribution < 1.29 is 9.59 Å². The fourth-order valence-corrected chi connectivity index (χ4v) is 5.43. The van der Waals surface area contributed by atoms with Crippen LogP contribution in [-0.2, 0) is 4.79 Å². The monoisotopic (exact) mass is 300 g/mol. The van der Waals surface area contributed by atoms with Crippen LogP contribution in [0.4, 0.5) is 0 Å². The topological polar surface area (TPSA) is 98.0 Å². The number of carbonyl (C=O) groups is 2. The molecule has 1 aromatic heterocycles. The summed E-state index contributed by atoms with van der Waals surface area (Å²) < 4.78 is 0. The van der Waals surface area contributed by atoms with Crippen LogP contribution in [0, 0.1) is 17.3 Å². The molecule has 2 atom stereocenters. The highest BCUT2D eigenvalue weighted by Gasteiger charge is 2.60. The molecule has 0 aromatic carbocycles. The number of aromatic nitrogens is 2. The van der Waals surface area contributed by atoms with Gasteiger partial charge in [0.25, 0.3) is 5.91 Å². The molecule has 2 amide bonds. The number of nitrogens with zero attached hydrogens (tertiary/aromatic N) is 2. The molecule has 6 heteroatoms. The van der Waals surface area contributed by atoms with E-state index < -0.39 is 5.41 Å². The van der Waals surface area contributed by atoms with E-state index in [0.717, 1.165) is 25.7 Å². The van der Waals surface area contributed by atoms with Gasteiger partial charge in [0.05, 0.1) is 5.41 Å². The number of carbonyl (C=O) groups excluding carboxylic acids is 2. The Labute approximate surface area is 128 Å². The lowest BCUT2D eigenvalue weighted by molar-refractivity contribution is -0.146. The summed E-state index contributed by atoms with van der Waals surface area (Å²) in [7, 11) is 0. The third-order valence-corrected chi connectivity index (χ3v) is 5.78. The van der Waals surface area contributed by atoms with Crippen LogP contribution in [0.3, 0.4) is 0 Å². The minimum absolute atomic E-state index is 0.177. The number of nitrogens with one attached hydrogen (secondary N) is 1. The average Bonchev–Trinajstić information content (AvgIpc) is 2.46. The predicted octanol–water partition coefficient (Wildman–Crippen LogP) is 1.03. The van der Waals surface area contributed by atoms with Gasteiger partial charge in [-0.3, -0.25) is 9.59 Å². The Morgan fingerprint density at radius 2 is 1.95 bits per heavy atom. The zero-order valence-corrected chi connectivity index (χ0v) is 12.4. The first kappa shape index (κ1) is 13.7. The molecule has 4 aliphatic rings. The quantitative estimate of drug-likeness (QED) is 0.871. The number of amides is 2. The van der Waals surface area contributed by atoms with Crippen LogP contribution < -0.4 is 11.1 Å². The summed E-state index contributed by atoms with van der Waals surface area (Å²) >= 11 is 0. The van der Waals surface area contributed by atoms with Gasteiger partial charge in [-0.05, 0) is 56.4 Å². The predicted molar refractivity (Wildman–Crippen MR) is 78.5 cm³/mol. The number of hydrogen-bond donors (Lipinski definition) is 2. The molecule has 0 spiro atoms. The van der Waals surface area contributed by atoms with Crippen LogP contribution in [0.2, 0.25) is 0 Å². The van der Waals surface area contributed by atoms with Crippen molar-refractivity contribution in [1.82, 2.24) is 15.3 Å². The Hall–Kier alpha value is -1.98. The van der Waals surface area contributed by atoms with Crippen LogP contribution in [0.25, 0.3) is 0 Å². The lowest BCUT2D eigenvalue weighted by Gasteiger charge is -2.61. The van der Waals surface area contributed by atoms with Crippen molar-refractivity contribution in [2.75, 3.05) is 0 Å². The lowest BCUT2D eigenvalue weighted by Crippen LogP contribution is -2.65. The average molecular weight is 300 g/mol. The fourth-order valence-electron chi connectivity index (χ4n) is 5.43. The Morgan fingerprint density at radius 3 is 2.55 bits per heavy atom. The van der Waals surface area contributed by atoms with Gasteiger partial charge < -0.3 is 11.1 Å². The Balaban J connectivity index is 1.61. The van der Waals surface area contributed by atoms with E-state index in [1.807, 2.05) is 0 Å². The van der Waals surface area contributed by atoms with Gasteiger partial charge in [0, 0.05) is 11.7 Å². The molecule has 4 aliphatic carbocycles. The van der Waals surface area contributed by atoms with E-state index in [-0.39, 0.29) is 17.4 Å². The first-order chi connectivity index (χ1) is 10.5. The highest BCUT2D eigenvalue weighted by atomic mass is 16.2. The van der Waals surface area contributed by atoms with E-state index in [4.69, 9.17) is 5.73 Å². The molecule has 22 heavy (non-hydrogen) atoms. The zero-order valence-electron chi connectivity index (χ0n) is 12.4. The molecule has 1 aromatic rings. The van der Waals surface area contributed by atoms with E-state index in [0.29, 0.717) is 24.0 Å². The van der Waals surface area contributed by atoms with Crippen LogP contribution in [0.1, 0.15) is 49.0 Å². The third-order valence-electron chi connectivity index (χ3n) is 5.78. The van der Waals surface area contributed by atoms with Crippen LogP contribution in [0.5, 0.6) is 0 Å².